The molecular formula is C22H20. The number of hydrogen-bond donors (Lipinski definition) is 0. The average Bonchev–Trinajstić information content (AvgIpc) is 2.51. The molecule has 0 saturated carbocycles. The van der Waals surface area contributed by atoms with Crippen molar-refractivity contribution in [3.8, 4) is 0 Å². The first-order valence-electron chi connectivity index (χ1n) is 7.55. The lowest BCUT2D eigenvalue weighted by molar-refractivity contribution is 1.48. The highest BCUT2D eigenvalue weighted by atomic mass is 14.1. The van der Waals surface area contributed by atoms with E-state index in [2.05, 4.69) is 75.6 Å². The molecule has 0 aliphatic heterocycles. The van der Waals surface area contributed by atoms with Crippen LogP contribution in [0, 0.1) is 13.8 Å². The van der Waals surface area contributed by atoms with E-state index in [-0.39, 0.29) is 0 Å². The molecule has 0 unspecified atom stereocenters. The lowest BCUT2D eigenvalue weighted by Gasteiger charge is -2.11. The predicted molar refractivity (Wildman–Crippen MR) is 99.5 cm³/mol. The van der Waals surface area contributed by atoms with Gasteiger partial charge in [0.25, 0.3) is 0 Å². The lowest BCUT2D eigenvalue weighted by Crippen LogP contribution is -2.27. The minimum Gasteiger partial charge on any atom is -0.0990 e. The molecule has 0 aliphatic carbocycles. The number of fused-ring (bicyclic) bond motifs is 3. The molecular weight excluding hydrogens is 264 g/mol. The van der Waals surface area contributed by atoms with Crippen molar-refractivity contribution in [2.45, 2.75) is 13.8 Å². The molecule has 108 valence electrons. The Hall–Kier alpha value is -2.60. The Bertz CT molecular complexity index is 933. The molecule has 0 heteroatoms. The molecule has 0 amide bonds. The first-order chi connectivity index (χ1) is 10.7. The molecule has 0 aromatic heterocycles. The molecule has 0 heterocycles. The topological polar surface area (TPSA) is 0 Å². The zero-order chi connectivity index (χ0) is 15.7. The zero-order valence-electron chi connectivity index (χ0n) is 13.2. The SMILES string of the molecule is C=C/C=c1/c(=C/C=C)c2c(C)cccc2c2cccc(C)c12. The second-order valence-electron chi connectivity index (χ2n) is 5.63. The van der Waals surface area contributed by atoms with Crippen molar-refractivity contribution in [3.63, 3.8) is 0 Å². The van der Waals surface area contributed by atoms with Crippen molar-refractivity contribution >= 4 is 33.7 Å². The molecule has 3 aromatic carbocycles. The van der Waals surface area contributed by atoms with Crippen LogP contribution in [0.2, 0.25) is 0 Å². The van der Waals surface area contributed by atoms with Crippen LogP contribution >= 0.6 is 0 Å². The third-order valence-electron chi connectivity index (χ3n) is 4.23. The van der Waals surface area contributed by atoms with E-state index >= 15 is 0 Å². The van der Waals surface area contributed by atoms with E-state index in [1.54, 1.807) is 0 Å². The highest BCUT2D eigenvalue weighted by molar-refractivity contribution is 6.10. The Balaban J connectivity index is 2.86. The smallest absolute Gasteiger partial charge is 0.00697 e. The average molecular weight is 284 g/mol. The number of aryl methyl sites for hydroxylation is 2. The maximum absolute atomic E-state index is 3.90. The number of allylic oxidation sites excluding steroid dienone is 2. The van der Waals surface area contributed by atoms with Crippen molar-refractivity contribution in [2.75, 3.05) is 0 Å². The standard InChI is InChI=1S/C22H20/c1-5-9-17-18(10-6-2)22-16(4)12-8-14-20(22)19-13-7-11-15(3)21(17)19/h5-14H,1-2H2,3-4H3/b17-9-,18-10-. The van der Waals surface area contributed by atoms with Crippen molar-refractivity contribution in [1.29, 1.82) is 0 Å². The molecule has 3 rings (SSSR count). The number of benzene rings is 3. The van der Waals surface area contributed by atoms with E-state index in [0.29, 0.717) is 0 Å². The van der Waals surface area contributed by atoms with Gasteiger partial charge >= 0.3 is 0 Å². The second kappa shape index (κ2) is 5.65. The van der Waals surface area contributed by atoms with Crippen LogP contribution in [0.15, 0.2) is 61.7 Å². The highest BCUT2D eigenvalue weighted by Gasteiger charge is 2.08. The van der Waals surface area contributed by atoms with Crippen molar-refractivity contribution in [3.05, 3.63) is 83.3 Å². The van der Waals surface area contributed by atoms with E-state index in [0.717, 1.165) is 0 Å². The van der Waals surface area contributed by atoms with Gasteiger partial charge in [-0.25, -0.2) is 0 Å². The first kappa shape index (κ1) is 14.3. The molecule has 0 nitrogen and oxygen atoms in total. The molecule has 0 N–H and O–H groups in total. The van der Waals surface area contributed by atoms with Crippen LogP contribution in [0.25, 0.3) is 33.7 Å². The van der Waals surface area contributed by atoms with Gasteiger partial charge in [0.05, 0.1) is 0 Å². The molecule has 0 fully saturated rings. The van der Waals surface area contributed by atoms with Crippen LogP contribution in [0.3, 0.4) is 0 Å². The van der Waals surface area contributed by atoms with Crippen LogP contribution in [0.4, 0.5) is 0 Å². The summed E-state index contributed by atoms with van der Waals surface area (Å²) in [7, 11) is 0. The van der Waals surface area contributed by atoms with E-state index in [9.17, 15) is 0 Å². The summed E-state index contributed by atoms with van der Waals surface area (Å²) in [4.78, 5) is 0. The van der Waals surface area contributed by atoms with Crippen LogP contribution in [-0.2, 0) is 0 Å². The molecule has 0 saturated heterocycles. The van der Waals surface area contributed by atoms with Gasteiger partial charge in [0, 0.05) is 0 Å². The van der Waals surface area contributed by atoms with Crippen LogP contribution < -0.4 is 10.4 Å². The van der Waals surface area contributed by atoms with Gasteiger partial charge in [0.1, 0.15) is 0 Å². The fourth-order valence-electron chi connectivity index (χ4n) is 3.35. The largest absolute Gasteiger partial charge is 0.0990 e. The second-order valence-corrected chi connectivity index (χ2v) is 5.63. The van der Waals surface area contributed by atoms with Crippen molar-refractivity contribution in [2.24, 2.45) is 0 Å². The van der Waals surface area contributed by atoms with Gasteiger partial charge in [-0.3, -0.25) is 0 Å². The van der Waals surface area contributed by atoms with Gasteiger partial charge < -0.3 is 0 Å². The Kier molecular flexibility index (Phi) is 3.68. The Morgan fingerprint density at radius 3 is 1.45 bits per heavy atom. The molecule has 3 aromatic rings. The van der Waals surface area contributed by atoms with E-state index in [1.807, 2.05) is 12.2 Å². The summed E-state index contributed by atoms with van der Waals surface area (Å²) < 4.78 is 0. The van der Waals surface area contributed by atoms with Crippen LogP contribution in [0.5, 0.6) is 0 Å². The first-order valence-corrected chi connectivity index (χ1v) is 7.55. The lowest BCUT2D eigenvalue weighted by atomic mass is 9.92. The van der Waals surface area contributed by atoms with Gasteiger partial charge in [-0.05, 0) is 57.0 Å². The number of rotatable bonds is 2. The van der Waals surface area contributed by atoms with E-state index in [4.69, 9.17) is 0 Å². The van der Waals surface area contributed by atoms with Crippen LogP contribution in [0.1, 0.15) is 11.1 Å². The molecule has 0 aliphatic rings. The quantitative estimate of drug-likeness (QED) is 0.606. The van der Waals surface area contributed by atoms with Gasteiger partial charge in [-0.1, -0.05) is 73.9 Å². The van der Waals surface area contributed by atoms with E-state index in [1.165, 1.54) is 43.1 Å². The van der Waals surface area contributed by atoms with Gasteiger partial charge in [-0.15, -0.1) is 0 Å². The Morgan fingerprint density at radius 2 is 1.09 bits per heavy atom. The summed E-state index contributed by atoms with van der Waals surface area (Å²) in [5, 5.41) is 7.65. The summed E-state index contributed by atoms with van der Waals surface area (Å²) in [6.45, 7) is 12.1. The molecule has 0 spiro atoms. The summed E-state index contributed by atoms with van der Waals surface area (Å²) in [6, 6.07) is 13.0. The maximum Gasteiger partial charge on any atom is -0.00697 e. The van der Waals surface area contributed by atoms with Crippen molar-refractivity contribution < 1.29 is 0 Å². The maximum atomic E-state index is 3.90. The fourth-order valence-corrected chi connectivity index (χ4v) is 3.35. The number of hydrogen-bond acceptors (Lipinski definition) is 0. The van der Waals surface area contributed by atoms with E-state index < -0.39 is 0 Å². The third-order valence-corrected chi connectivity index (χ3v) is 4.23. The minimum absolute atomic E-state index is 1.23. The minimum atomic E-state index is 1.23. The summed E-state index contributed by atoms with van der Waals surface area (Å²) in [5.74, 6) is 0. The summed E-state index contributed by atoms with van der Waals surface area (Å²) in [6.07, 6.45) is 7.95. The fraction of sp³-hybridized carbons (Fsp3) is 0.0909. The Labute approximate surface area is 131 Å². The van der Waals surface area contributed by atoms with Gasteiger partial charge in [0.2, 0.25) is 0 Å². The summed E-state index contributed by atoms with van der Waals surface area (Å²) >= 11 is 0. The summed E-state index contributed by atoms with van der Waals surface area (Å²) in [5.41, 5.74) is 2.57. The molecule has 0 radical (unpaired) electrons. The Morgan fingerprint density at radius 1 is 0.682 bits per heavy atom. The molecule has 0 atom stereocenters. The zero-order valence-corrected chi connectivity index (χ0v) is 13.2. The third kappa shape index (κ3) is 2.08. The monoisotopic (exact) mass is 284 g/mol. The van der Waals surface area contributed by atoms with Crippen molar-refractivity contribution in [1.82, 2.24) is 0 Å². The predicted octanol–water partition coefficient (Wildman–Crippen LogP) is 4.54. The normalized spacial score (nSPS) is 13.0. The van der Waals surface area contributed by atoms with Crippen LogP contribution in [-0.4, -0.2) is 0 Å². The van der Waals surface area contributed by atoms with Gasteiger partial charge in [0.15, 0.2) is 0 Å². The van der Waals surface area contributed by atoms with Gasteiger partial charge in [-0.2, -0.15) is 0 Å². The molecule has 0 bridgehead atoms. The molecule has 22 heavy (non-hydrogen) atoms. The highest BCUT2D eigenvalue weighted by Crippen LogP contribution is 2.24.